The van der Waals surface area contributed by atoms with Crippen molar-refractivity contribution in [2.45, 2.75) is 12.5 Å². The molecule has 1 atom stereocenters. The van der Waals surface area contributed by atoms with E-state index in [0.717, 1.165) is 24.1 Å². The van der Waals surface area contributed by atoms with Crippen molar-refractivity contribution in [3.63, 3.8) is 0 Å². The fourth-order valence-electron chi connectivity index (χ4n) is 3.50. The Bertz CT molecular complexity index is 1280. The van der Waals surface area contributed by atoms with E-state index in [4.69, 9.17) is 4.74 Å². The molecule has 3 heterocycles. The summed E-state index contributed by atoms with van der Waals surface area (Å²) in [5, 5.41) is 12.2. The molecule has 10 heteroatoms. The lowest BCUT2D eigenvalue weighted by molar-refractivity contribution is 0.102. The molecule has 4 aromatic rings. The average Bonchev–Trinajstić information content (AvgIpc) is 3.36. The Kier molecular flexibility index (Phi) is 8.19. The van der Waals surface area contributed by atoms with Crippen molar-refractivity contribution in [3.05, 3.63) is 78.2 Å². The first kappa shape index (κ1) is 25.2. The van der Waals surface area contributed by atoms with Crippen LogP contribution in [-0.2, 0) is 0 Å². The summed E-state index contributed by atoms with van der Waals surface area (Å²) in [7, 11) is 7.87. The van der Waals surface area contributed by atoms with Crippen LogP contribution in [0.1, 0.15) is 28.4 Å². The van der Waals surface area contributed by atoms with Gasteiger partial charge in [0.15, 0.2) is 0 Å². The normalized spacial score (nSPS) is 11.8. The summed E-state index contributed by atoms with van der Waals surface area (Å²) in [5.41, 5.74) is 3.08. The number of hydrogen-bond donors (Lipinski definition) is 1. The molecule has 1 unspecified atom stereocenters. The zero-order valence-electron chi connectivity index (χ0n) is 20.8. The lowest BCUT2D eigenvalue weighted by Crippen LogP contribution is -2.21. The maximum Gasteiger partial charge on any atom is 0.259 e. The Morgan fingerprint density at radius 2 is 1.81 bits per heavy atom. The van der Waals surface area contributed by atoms with E-state index in [9.17, 15) is 4.79 Å². The molecule has 0 aliphatic carbocycles. The van der Waals surface area contributed by atoms with Crippen LogP contribution >= 0.6 is 11.3 Å². The van der Waals surface area contributed by atoms with Crippen LogP contribution in [0, 0.1) is 0 Å². The molecule has 1 aromatic carbocycles. The van der Waals surface area contributed by atoms with Gasteiger partial charge >= 0.3 is 0 Å². The van der Waals surface area contributed by atoms with Gasteiger partial charge in [-0.25, -0.2) is 4.98 Å². The van der Waals surface area contributed by atoms with Crippen molar-refractivity contribution < 1.29 is 9.53 Å². The van der Waals surface area contributed by atoms with Crippen LogP contribution in [0.5, 0.6) is 5.88 Å². The maximum atomic E-state index is 13.0. The smallest absolute Gasteiger partial charge is 0.259 e. The van der Waals surface area contributed by atoms with E-state index in [-0.39, 0.29) is 12.0 Å². The van der Waals surface area contributed by atoms with Gasteiger partial charge in [0.05, 0.1) is 5.56 Å². The number of rotatable bonds is 10. The van der Waals surface area contributed by atoms with Gasteiger partial charge in [-0.15, -0.1) is 10.2 Å². The molecular weight excluding hydrogens is 474 g/mol. The largest absolute Gasteiger partial charge is 0.468 e. The average molecular weight is 504 g/mol. The molecule has 0 saturated heterocycles. The molecule has 1 amide bonds. The molecule has 0 saturated carbocycles. The van der Waals surface area contributed by atoms with E-state index in [0.29, 0.717) is 27.3 Å². The second-order valence-electron chi connectivity index (χ2n) is 8.65. The fraction of sp³-hybridized carbons (Fsp3) is 0.269. The van der Waals surface area contributed by atoms with Crippen LogP contribution in [-0.4, -0.2) is 65.7 Å². The molecule has 0 aliphatic heterocycles. The molecule has 3 aromatic heterocycles. The summed E-state index contributed by atoms with van der Waals surface area (Å²) in [6.07, 6.45) is 5.53. The van der Waals surface area contributed by atoms with Gasteiger partial charge in [0.2, 0.25) is 11.0 Å². The maximum absolute atomic E-state index is 13.0. The topological polar surface area (TPSA) is 96.4 Å². The molecule has 36 heavy (non-hydrogen) atoms. The summed E-state index contributed by atoms with van der Waals surface area (Å²) in [6, 6.07) is 15.6. The van der Waals surface area contributed by atoms with E-state index in [2.05, 4.69) is 42.5 Å². The van der Waals surface area contributed by atoms with Crippen LogP contribution in [0.4, 0.5) is 10.8 Å². The Labute approximate surface area is 214 Å². The van der Waals surface area contributed by atoms with Gasteiger partial charge in [0.25, 0.3) is 5.91 Å². The van der Waals surface area contributed by atoms with E-state index in [1.54, 1.807) is 18.5 Å². The number of aromatic nitrogens is 4. The number of hydrogen-bond acceptors (Lipinski definition) is 9. The summed E-state index contributed by atoms with van der Waals surface area (Å²) in [5.74, 6) is 0.154. The lowest BCUT2D eigenvalue weighted by Gasteiger charge is -2.24. The monoisotopic (exact) mass is 503 g/mol. The van der Waals surface area contributed by atoms with Gasteiger partial charge < -0.3 is 14.5 Å². The SMILES string of the molecule is CN(C)CCC(Oc1ncc(C(=O)Nc2nnc(-c3ccncc3)s2)cc1N(C)C)c1ccccc1. The molecule has 0 radical (unpaired) electrons. The van der Waals surface area contributed by atoms with Gasteiger partial charge in [0.1, 0.15) is 16.8 Å². The molecule has 4 rings (SSSR count). The second-order valence-corrected chi connectivity index (χ2v) is 9.63. The minimum Gasteiger partial charge on any atom is -0.468 e. The summed E-state index contributed by atoms with van der Waals surface area (Å²) in [4.78, 5) is 25.5. The Hall–Kier alpha value is -3.89. The van der Waals surface area contributed by atoms with Gasteiger partial charge in [-0.2, -0.15) is 0 Å². The number of nitrogens with zero attached hydrogens (tertiary/aromatic N) is 6. The van der Waals surface area contributed by atoms with E-state index >= 15 is 0 Å². The van der Waals surface area contributed by atoms with Gasteiger partial charge in [-0.1, -0.05) is 41.7 Å². The Balaban J connectivity index is 1.53. The van der Waals surface area contributed by atoms with Crippen molar-refractivity contribution in [1.29, 1.82) is 0 Å². The lowest BCUT2D eigenvalue weighted by atomic mass is 10.1. The Morgan fingerprint density at radius 1 is 1.06 bits per heavy atom. The number of benzene rings is 1. The summed E-state index contributed by atoms with van der Waals surface area (Å²) < 4.78 is 6.41. The van der Waals surface area contributed by atoms with Crippen molar-refractivity contribution in [1.82, 2.24) is 25.1 Å². The molecule has 0 aliphatic rings. The van der Waals surface area contributed by atoms with Gasteiger partial charge in [0, 0.05) is 51.2 Å². The highest BCUT2D eigenvalue weighted by Gasteiger charge is 2.20. The number of carbonyl (C=O) groups is 1. The molecule has 9 nitrogen and oxygen atoms in total. The summed E-state index contributed by atoms with van der Waals surface area (Å²) in [6.45, 7) is 0.862. The van der Waals surface area contributed by atoms with Crippen molar-refractivity contribution in [2.24, 2.45) is 0 Å². The zero-order chi connectivity index (χ0) is 25.5. The molecule has 0 fully saturated rings. The van der Waals surface area contributed by atoms with E-state index < -0.39 is 0 Å². The van der Waals surface area contributed by atoms with Gasteiger partial charge in [-0.3, -0.25) is 15.1 Å². The highest BCUT2D eigenvalue weighted by molar-refractivity contribution is 7.18. The van der Waals surface area contributed by atoms with E-state index in [1.807, 2.05) is 63.4 Å². The first-order valence-electron chi connectivity index (χ1n) is 11.5. The number of nitrogens with one attached hydrogen (secondary N) is 1. The predicted molar refractivity (Wildman–Crippen MR) is 143 cm³/mol. The minimum atomic E-state index is -0.318. The third-order valence-corrected chi connectivity index (χ3v) is 6.30. The number of anilines is 2. The molecule has 186 valence electrons. The van der Waals surface area contributed by atoms with E-state index in [1.165, 1.54) is 17.5 Å². The third-order valence-electron chi connectivity index (χ3n) is 5.41. The number of carbonyl (C=O) groups excluding carboxylic acids is 1. The highest BCUT2D eigenvalue weighted by atomic mass is 32.1. The van der Waals surface area contributed by atoms with Gasteiger partial charge in [-0.05, 0) is 37.9 Å². The van der Waals surface area contributed by atoms with Crippen molar-refractivity contribution in [3.8, 4) is 16.5 Å². The van der Waals surface area contributed by atoms with Crippen molar-refractivity contribution >= 4 is 28.1 Å². The molecule has 0 spiro atoms. The molecule has 0 bridgehead atoms. The highest BCUT2D eigenvalue weighted by Crippen LogP contribution is 2.32. The number of pyridine rings is 2. The molecule has 1 N–H and O–H groups in total. The third kappa shape index (κ3) is 6.41. The standard InChI is InChI=1S/C26H29N7O2S/c1-32(2)15-12-22(18-8-6-5-7-9-18)35-24-21(33(3)4)16-20(17-28-24)23(34)29-26-31-30-25(36-26)19-10-13-27-14-11-19/h5-11,13-14,16-17,22H,12,15H2,1-4H3,(H,29,31,34). The fourth-order valence-corrected chi connectivity index (χ4v) is 4.25. The van der Waals surface area contributed by atoms with Crippen LogP contribution in [0.2, 0.25) is 0 Å². The number of amides is 1. The summed E-state index contributed by atoms with van der Waals surface area (Å²) >= 11 is 1.29. The minimum absolute atomic E-state index is 0.174. The first-order chi connectivity index (χ1) is 17.4. The van der Waals surface area contributed by atoms with Crippen molar-refractivity contribution in [2.75, 3.05) is 45.0 Å². The van der Waals surface area contributed by atoms with Crippen LogP contribution in [0.25, 0.3) is 10.6 Å². The quantitative estimate of drug-likeness (QED) is 0.341. The molecular formula is C26H29N7O2S. The van der Waals surface area contributed by atoms with Crippen LogP contribution in [0.3, 0.4) is 0 Å². The first-order valence-corrected chi connectivity index (χ1v) is 12.3. The van der Waals surface area contributed by atoms with Crippen LogP contribution < -0.4 is 15.0 Å². The Morgan fingerprint density at radius 3 is 2.50 bits per heavy atom. The number of ether oxygens (including phenoxy) is 1. The second kappa shape index (κ2) is 11.7. The predicted octanol–water partition coefficient (Wildman–Crippen LogP) is 4.39. The van der Waals surface area contributed by atoms with Crippen LogP contribution in [0.15, 0.2) is 67.1 Å². The zero-order valence-corrected chi connectivity index (χ0v) is 21.6.